The summed E-state index contributed by atoms with van der Waals surface area (Å²) in [4.78, 5) is 16.1. The van der Waals surface area contributed by atoms with Crippen molar-refractivity contribution >= 4 is 11.3 Å². The van der Waals surface area contributed by atoms with E-state index in [1.165, 1.54) is 6.42 Å². The van der Waals surface area contributed by atoms with E-state index in [4.69, 9.17) is 5.10 Å². The average Bonchev–Trinajstić information content (AvgIpc) is 3.21. The number of piperidine rings is 1. The van der Waals surface area contributed by atoms with E-state index in [1.807, 2.05) is 44.3 Å². The van der Waals surface area contributed by atoms with Crippen molar-refractivity contribution in [2.75, 3.05) is 18.0 Å². The zero-order valence-corrected chi connectivity index (χ0v) is 17.9. The van der Waals surface area contributed by atoms with E-state index in [1.54, 1.807) is 28.8 Å². The molecule has 1 saturated heterocycles. The van der Waals surface area contributed by atoms with E-state index in [-0.39, 0.29) is 11.3 Å². The lowest BCUT2D eigenvalue weighted by Gasteiger charge is -2.29. The van der Waals surface area contributed by atoms with Crippen molar-refractivity contribution < 1.29 is 5.11 Å². The van der Waals surface area contributed by atoms with Crippen LogP contribution in [0.25, 0.3) is 28.0 Å². The molecular formula is C25H26N4O2. The molecule has 0 radical (unpaired) electrons. The molecule has 0 amide bonds. The van der Waals surface area contributed by atoms with Crippen molar-refractivity contribution in [2.45, 2.75) is 26.2 Å². The molecule has 0 atom stereocenters. The zero-order valence-electron chi connectivity index (χ0n) is 17.9. The van der Waals surface area contributed by atoms with Crippen LogP contribution in [-0.4, -0.2) is 32.4 Å². The lowest BCUT2D eigenvalue weighted by molar-refractivity contribution is 0.475. The SMILES string of the molecule is Cc1c(-c2ccc(O)cc2)c(=O)n2nc(-c3ccccc3)c(N3CCCCC3)c2n1C. The highest BCUT2D eigenvalue weighted by Gasteiger charge is 2.26. The number of anilines is 1. The first kappa shape index (κ1) is 19.4. The molecule has 6 nitrogen and oxygen atoms in total. The first-order chi connectivity index (χ1) is 15.1. The summed E-state index contributed by atoms with van der Waals surface area (Å²) in [6, 6.07) is 16.9. The summed E-state index contributed by atoms with van der Waals surface area (Å²) in [5, 5.41) is 14.5. The fourth-order valence-corrected chi connectivity index (χ4v) is 4.59. The Hall–Kier alpha value is -3.54. The van der Waals surface area contributed by atoms with Crippen LogP contribution in [-0.2, 0) is 7.05 Å². The Labute approximate surface area is 181 Å². The number of rotatable bonds is 3. The second-order valence-corrected chi connectivity index (χ2v) is 8.22. The second kappa shape index (κ2) is 7.61. The van der Waals surface area contributed by atoms with Gasteiger partial charge in [-0.05, 0) is 43.9 Å². The van der Waals surface area contributed by atoms with Crippen LogP contribution in [0.5, 0.6) is 5.75 Å². The number of nitrogens with zero attached hydrogens (tertiary/aromatic N) is 4. The summed E-state index contributed by atoms with van der Waals surface area (Å²) in [5.41, 5.74) is 5.82. The molecule has 6 heteroatoms. The van der Waals surface area contributed by atoms with Gasteiger partial charge in [-0.2, -0.15) is 9.61 Å². The standard InChI is InChI=1S/C25H26N4O2/c1-17-21(18-11-13-20(30)14-12-18)25(31)29-24(27(17)2)23(28-15-7-4-8-16-28)22(26-29)19-9-5-3-6-10-19/h3,5-6,9-14,30H,4,7-8,15-16H2,1-2H3. The number of aryl methyl sites for hydroxylation is 1. The molecule has 0 aliphatic carbocycles. The molecule has 158 valence electrons. The van der Waals surface area contributed by atoms with E-state index in [9.17, 15) is 9.90 Å². The van der Waals surface area contributed by atoms with E-state index >= 15 is 0 Å². The molecule has 5 rings (SSSR count). The first-order valence-corrected chi connectivity index (χ1v) is 10.8. The highest BCUT2D eigenvalue weighted by atomic mass is 16.3. The maximum absolute atomic E-state index is 13.7. The topological polar surface area (TPSA) is 62.8 Å². The lowest BCUT2D eigenvalue weighted by atomic mass is 10.0. The third-order valence-corrected chi connectivity index (χ3v) is 6.30. The minimum atomic E-state index is -0.142. The normalized spacial score (nSPS) is 14.3. The maximum Gasteiger partial charge on any atom is 0.282 e. The van der Waals surface area contributed by atoms with Crippen LogP contribution in [0.3, 0.4) is 0 Å². The molecule has 0 unspecified atom stereocenters. The molecule has 1 aliphatic heterocycles. The maximum atomic E-state index is 13.7. The summed E-state index contributed by atoms with van der Waals surface area (Å²) in [5.74, 6) is 0.178. The smallest absolute Gasteiger partial charge is 0.282 e. The minimum Gasteiger partial charge on any atom is -0.508 e. The van der Waals surface area contributed by atoms with Crippen molar-refractivity contribution in [3.8, 4) is 28.1 Å². The van der Waals surface area contributed by atoms with Crippen molar-refractivity contribution in [2.24, 2.45) is 7.05 Å². The van der Waals surface area contributed by atoms with Crippen molar-refractivity contribution in [1.29, 1.82) is 0 Å². The van der Waals surface area contributed by atoms with Crippen LogP contribution < -0.4 is 10.5 Å². The van der Waals surface area contributed by atoms with Gasteiger partial charge in [0, 0.05) is 31.4 Å². The van der Waals surface area contributed by atoms with Crippen LogP contribution in [0.15, 0.2) is 59.4 Å². The summed E-state index contributed by atoms with van der Waals surface area (Å²) < 4.78 is 3.63. The first-order valence-electron chi connectivity index (χ1n) is 10.8. The van der Waals surface area contributed by atoms with E-state index in [0.29, 0.717) is 5.56 Å². The largest absolute Gasteiger partial charge is 0.508 e. The van der Waals surface area contributed by atoms with E-state index < -0.39 is 0 Å². The Morgan fingerprint density at radius 1 is 0.903 bits per heavy atom. The number of aromatic nitrogens is 3. The van der Waals surface area contributed by atoms with Crippen LogP contribution in [0.1, 0.15) is 25.0 Å². The van der Waals surface area contributed by atoms with Gasteiger partial charge in [-0.15, -0.1) is 0 Å². The quantitative estimate of drug-likeness (QED) is 0.541. The van der Waals surface area contributed by atoms with Gasteiger partial charge in [-0.1, -0.05) is 42.5 Å². The molecule has 1 aliphatic rings. The van der Waals surface area contributed by atoms with Gasteiger partial charge in [-0.25, -0.2) is 0 Å². The molecule has 0 saturated carbocycles. The summed E-state index contributed by atoms with van der Waals surface area (Å²) >= 11 is 0. The Morgan fingerprint density at radius 3 is 2.26 bits per heavy atom. The highest BCUT2D eigenvalue weighted by Crippen LogP contribution is 2.36. The third-order valence-electron chi connectivity index (χ3n) is 6.30. The number of benzene rings is 2. The average molecular weight is 415 g/mol. The molecule has 2 aromatic carbocycles. The molecular weight excluding hydrogens is 388 g/mol. The number of hydrogen-bond acceptors (Lipinski definition) is 4. The Kier molecular flexibility index (Phi) is 4.77. The van der Waals surface area contributed by atoms with Crippen molar-refractivity contribution in [3.63, 3.8) is 0 Å². The van der Waals surface area contributed by atoms with Gasteiger partial charge in [0.2, 0.25) is 0 Å². The van der Waals surface area contributed by atoms with Crippen LogP contribution in [0, 0.1) is 6.92 Å². The predicted molar refractivity (Wildman–Crippen MR) is 124 cm³/mol. The van der Waals surface area contributed by atoms with Gasteiger partial charge >= 0.3 is 0 Å². The van der Waals surface area contributed by atoms with Gasteiger partial charge in [0.15, 0.2) is 5.65 Å². The number of aromatic hydroxyl groups is 1. The van der Waals surface area contributed by atoms with Crippen LogP contribution >= 0.6 is 0 Å². The summed E-state index contributed by atoms with van der Waals surface area (Å²) in [6.45, 7) is 3.90. The highest BCUT2D eigenvalue weighted by molar-refractivity contribution is 5.87. The van der Waals surface area contributed by atoms with Crippen LogP contribution in [0.4, 0.5) is 5.69 Å². The third kappa shape index (κ3) is 3.19. The molecule has 1 fully saturated rings. The molecule has 3 heterocycles. The fraction of sp³-hybridized carbons (Fsp3) is 0.280. The molecule has 31 heavy (non-hydrogen) atoms. The number of hydrogen-bond donors (Lipinski definition) is 1. The number of phenols is 1. The minimum absolute atomic E-state index is 0.142. The molecule has 1 N–H and O–H groups in total. The van der Waals surface area contributed by atoms with Crippen molar-refractivity contribution in [3.05, 3.63) is 70.6 Å². The van der Waals surface area contributed by atoms with Gasteiger partial charge in [-0.3, -0.25) is 4.79 Å². The monoisotopic (exact) mass is 414 g/mol. The predicted octanol–water partition coefficient (Wildman–Crippen LogP) is 4.37. The van der Waals surface area contributed by atoms with Gasteiger partial charge in [0.05, 0.1) is 5.56 Å². The van der Waals surface area contributed by atoms with E-state index in [2.05, 4.69) is 9.47 Å². The molecule has 0 bridgehead atoms. The lowest BCUT2D eigenvalue weighted by Crippen LogP contribution is -2.30. The van der Waals surface area contributed by atoms with Gasteiger partial charge in [0.25, 0.3) is 5.56 Å². The van der Waals surface area contributed by atoms with Gasteiger partial charge < -0.3 is 14.6 Å². The molecule has 4 aromatic rings. The Morgan fingerprint density at radius 2 is 1.58 bits per heavy atom. The summed E-state index contributed by atoms with van der Waals surface area (Å²) in [7, 11) is 2.00. The number of fused-ring (bicyclic) bond motifs is 1. The van der Waals surface area contributed by atoms with E-state index in [0.717, 1.165) is 59.8 Å². The zero-order chi connectivity index (χ0) is 21.5. The Balaban J connectivity index is 1.84. The summed E-state index contributed by atoms with van der Waals surface area (Å²) in [6.07, 6.45) is 3.52. The fourth-order valence-electron chi connectivity index (χ4n) is 4.59. The molecule has 2 aromatic heterocycles. The van der Waals surface area contributed by atoms with Crippen molar-refractivity contribution in [1.82, 2.24) is 14.2 Å². The second-order valence-electron chi connectivity index (χ2n) is 8.22. The van der Waals surface area contributed by atoms with Crippen LogP contribution in [0.2, 0.25) is 0 Å². The Bertz CT molecular complexity index is 1300. The van der Waals surface area contributed by atoms with Gasteiger partial charge in [0.1, 0.15) is 17.1 Å². The molecule has 0 spiro atoms. The number of phenolic OH excluding ortho intramolecular Hbond substituents is 1.